The zero-order valence-electron chi connectivity index (χ0n) is 19.2. The van der Waals surface area contributed by atoms with Crippen molar-refractivity contribution >= 4 is 32.5 Å². The number of carbonyl (C=O) groups is 1. The first kappa shape index (κ1) is 22.7. The first-order valence-electron chi connectivity index (χ1n) is 11.6. The monoisotopic (exact) mass is 480 g/mol. The Hall–Kier alpha value is -3.04. The number of aryl methyl sites for hydroxylation is 1. The maximum atomic E-state index is 13.3. The van der Waals surface area contributed by atoms with Crippen molar-refractivity contribution in [3.8, 4) is 0 Å². The number of hydrogen-bond donors (Lipinski definition) is 3. The van der Waals surface area contributed by atoms with Gasteiger partial charge in [0.15, 0.2) is 0 Å². The standard InChI is InChI=1S/C25H28N4O4S/c1-14(2)11-28-34(32,33)23-9-16-5-7-20(29-17-6-8-21(25(30)31)26-12-17)24(16)19-13-27-22(10-18(19)23)15-3-4-15/h6,8-10,12-15,20,28-29H,3-5,7,11H2,1-2H3,(H,30,31). The van der Waals surface area contributed by atoms with E-state index in [2.05, 4.69) is 15.0 Å². The number of sulfonamides is 1. The smallest absolute Gasteiger partial charge is 0.354 e. The molecule has 0 saturated heterocycles. The summed E-state index contributed by atoms with van der Waals surface area (Å²) >= 11 is 0. The van der Waals surface area contributed by atoms with Crippen molar-refractivity contribution in [1.82, 2.24) is 14.7 Å². The van der Waals surface area contributed by atoms with Crippen LogP contribution in [0.4, 0.5) is 5.69 Å². The number of aromatic carboxylic acids is 1. The third-order valence-corrected chi connectivity index (χ3v) is 7.94. The van der Waals surface area contributed by atoms with Gasteiger partial charge in [-0.2, -0.15) is 0 Å². The van der Waals surface area contributed by atoms with E-state index in [0.29, 0.717) is 28.4 Å². The maximum Gasteiger partial charge on any atom is 0.354 e. The van der Waals surface area contributed by atoms with Gasteiger partial charge in [-0.15, -0.1) is 0 Å². The van der Waals surface area contributed by atoms with Crippen LogP contribution in [0.3, 0.4) is 0 Å². The van der Waals surface area contributed by atoms with Gasteiger partial charge in [0.25, 0.3) is 0 Å². The second-order valence-corrected chi connectivity index (χ2v) is 11.3. The van der Waals surface area contributed by atoms with Crippen LogP contribution in [0.2, 0.25) is 0 Å². The first-order valence-corrected chi connectivity index (χ1v) is 13.1. The highest BCUT2D eigenvalue weighted by atomic mass is 32.2. The van der Waals surface area contributed by atoms with E-state index in [1.165, 1.54) is 12.3 Å². The largest absolute Gasteiger partial charge is 0.477 e. The van der Waals surface area contributed by atoms with Crippen molar-refractivity contribution < 1.29 is 18.3 Å². The Morgan fingerprint density at radius 1 is 1.12 bits per heavy atom. The summed E-state index contributed by atoms with van der Waals surface area (Å²) in [5.41, 5.74) is 3.70. The number of fused-ring (bicyclic) bond motifs is 3. The molecule has 178 valence electrons. The molecule has 1 saturated carbocycles. The Bertz CT molecular complexity index is 1370. The van der Waals surface area contributed by atoms with E-state index in [1.54, 1.807) is 6.07 Å². The van der Waals surface area contributed by atoms with Crippen LogP contribution >= 0.6 is 0 Å². The van der Waals surface area contributed by atoms with Crippen molar-refractivity contribution in [2.24, 2.45) is 5.92 Å². The number of benzene rings is 1. The van der Waals surface area contributed by atoms with Crippen LogP contribution in [0.5, 0.6) is 0 Å². The highest BCUT2D eigenvalue weighted by Crippen LogP contribution is 2.44. The van der Waals surface area contributed by atoms with Gasteiger partial charge < -0.3 is 10.4 Å². The fraction of sp³-hybridized carbons (Fsp3) is 0.400. The molecule has 1 atom stereocenters. The van der Waals surface area contributed by atoms with Crippen LogP contribution < -0.4 is 10.0 Å². The summed E-state index contributed by atoms with van der Waals surface area (Å²) in [7, 11) is -3.68. The number of carboxylic acids is 1. The molecule has 2 aliphatic rings. The second kappa shape index (κ2) is 8.63. The third kappa shape index (κ3) is 4.37. The minimum Gasteiger partial charge on any atom is -0.477 e. The minimum absolute atomic E-state index is 0.0108. The average molecular weight is 481 g/mol. The van der Waals surface area contributed by atoms with Gasteiger partial charge in [0.1, 0.15) is 5.69 Å². The summed E-state index contributed by atoms with van der Waals surface area (Å²) in [5, 5.41) is 14.1. The Balaban J connectivity index is 1.57. The molecule has 0 amide bonds. The van der Waals surface area contributed by atoms with E-state index in [-0.39, 0.29) is 17.7 Å². The number of pyridine rings is 2. The first-order chi connectivity index (χ1) is 16.2. The summed E-state index contributed by atoms with van der Waals surface area (Å²) in [6.45, 7) is 4.34. The molecule has 2 aromatic heterocycles. The fourth-order valence-corrected chi connectivity index (χ4v) is 6.03. The Labute approximate surface area is 198 Å². The van der Waals surface area contributed by atoms with Gasteiger partial charge in [-0.3, -0.25) is 4.98 Å². The lowest BCUT2D eigenvalue weighted by molar-refractivity contribution is 0.0690. The number of anilines is 1. The van der Waals surface area contributed by atoms with E-state index in [1.807, 2.05) is 32.2 Å². The number of nitrogens with zero attached hydrogens (tertiary/aromatic N) is 2. The Kier molecular flexibility index (Phi) is 5.77. The predicted octanol–water partition coefficient (Wildman–Crippen LogP) is 4.24. The zero-order chi connectivity index (χ0) is 24.0. The summed E-state index contributed by atoms with van der Waals surface area (Å²) in [6, 6.07) is 6.90. The molecule has 1 aromatic carbocycles. The zero-order valence-corrected chi connectivity index (χ0v) is 20.0. The second-order valence-electron chi connectivity index (χ2n) is 9.60. The average Bonchev–Trinajstić information content (AvgIpc) is 3.58. The van der Waals surface area contributed by atoms with Crippen molar-refractivity contribution in [1.29, 1.82) is 0 Å². The summed E-state index contributed by atoms with van der Waals surface area (Å²) in [5.74, 6) is -0.459. The van der Waals surface area contributed by atoms with Crippen molar-refractivity contribution in [2.75, 3.05) is 11.9 Å². The molecule has 1 fully saturated rings. The van der Waals surface area contributed by atoms with E-state index < -0.39 is 16.0 Å². The molecule has 3 aromatic rings. The van der Waals surface area contributed by atoms with Crippen LogP contribution in [-0.4, -0.2) is 36.0 Å². The highest BCUT2D eigenvalue weighted by molar-refractivity contribution is 7.89. The normalized spacial score (nSPS) is 17.8. The molecule has 2 heterocycles. The van der Waals surface area contributed by atoms with E-state index >= 15 is 0 Å². The van der Waals surface area contributed by atoms with Gasteiger partial charge in [0.2, 0.25) is 10.0 Å². The van der Waals surface area contributed by atoms with E-state index in [0.717, 1.165) is 47.9 Å². The van der Waals surface area contributed by atoms with Crippen LogP contribution in [0.25, 0.3) is 10.8 Å². The summed E-state index contributed by atoms with van der Waals surface area (Å²) in [4.78, 5) is 20.1. The van der Waals surface area contributed by atoms with Gasteiger partial charge in [-0.05, 0) is 67.0 Å². The number of aromatic nitrogens is 2. The molecular formula is C25H28N4O4S. The van der Waals surface area contributed by atoms with Gasteiger partial charge in [-0.1, -0.05) is 13.8 Å². The topological polar surface area (TPSA) is 121 Å². The Morgan fingerprint density at radius 2 is 1.91 bits per heavy atom. The van der Waals surface area contributed by atoms with Crippen LogP contribution in [0.15, 0.2) is 41.6 Å². The van der Waals surface area contributed by atoms with Gasteiger partial charge in [0, 0.05) is 35.1 Å². The fourth-order valence-electron chi connectivity index (χ4n) is 4.57. The van der Waals surface area contributed by atoms with Crippen LogP contribution in [0, 0.1) is 5.92 Å². The molecule has 2 aliphatic carbocycles. The van der Waals surface area contributed by atoms with Crippen molar-refractivity contribution in [3.05, 3.63) is 59.2 Å². The lowest BCUT2D eigenvalue weighted by atomic mass is 9.99. The highest BCUT2D eigenvalue weighted by Gasteiger charge is 2.31. The number of nitrogens with one attached hydrogen (secondary N) is 2. The molecular weight excluding hydrogens is 452 g/mol. The summed E-state index contributed by atoms with van der Waals surface area (Å²) < 4.78 is 29.4. The molecule has 0 radical (unpaired) electrons. The third-order valence-electron chi connectivity index (χ3n) is 6.47. The Morgan fingerprint density at radius 3 is 2.56 bits per heavy atom. The molecule has 0 aliphatic heterocycles. The molecule has 9 heteroatoms. The molecule has 34 heavy (non-hydrogen) atoms. The van der Waals surface area contributed by atoms with Crippen LogP contribution in [0.1, 0.15) is 72.4 Å². The minimum atomic E-state index is -3.68. The van der Waals surface area contributed by atoms with Gasteiger partial charge in [0.05, 0.1) is 22.8 Å². The number of rotatable bonds is 8. The van der Waals surface area contributed by atoms with E-state index in [4.69, 9.17) is 10.1 Å². The lowest BCUT2D eigenvalue weighted by Gasteiger charge is -2.19. The summed E-state index contributed by atoms with van der Waals surface area (Å²) in [6.07, 6.45) is 7.04. The van der Waals surface area contributed by atoms with Crippen molar-refractivity contribution in [2.45, 2.75) is 56.4 Å². The molecule has 5 rings (SSSR count). The van der Waals surface area contributed by atoms with Crippen molar-refractivity contribution in [3.63, 3.8) is 0 Å². The quantitative estimate of drug-likeness (QED) is 0.441. The van der Waals surface area contributed by atoms with Crippen LogP contribution in [-0.2, 0) is 16.4 Å². The lowest BCUT2D eigenvalue weighted by Crippen LogP contribution is -2.28. The van der Waals surface area contributed by atoms with E-state index in [9.17, 15) is 13.2 Å². The maximum absolute atomic E-state index is 13.3. The molecule has 8 nitrogen and oxygen atoms in total. The predicted molar refractivity (Wildman–Crippen MR) is 130 cm³/mol. The van der Waals surface area contributed by atoms with Gasteiger partial charge in [-0.25, -0.2) is 22.9 Å². The molecule has 1 unspecified atom stereocenters. The molecule has 0 bridgehead atoms. The molecule has 3 N–H and O–H groups in total. The number of hydrogen-bond acceptors (Lipinski definition) is 6. The SMILES string of the molecule is CC(C)CNS(=O)(=O)c1cc2c(c3cnc(C4CC4)cc13)C(Nc1ccc(C(=O)O)nc1)CC2. The molecule has 0 spiro atoms. The number of carboxylic acid groups (broad SMARTS) is 1. The van der Waals surface area contributed by atoms with Gasteiger partial charge >= 0.3 is 5.97 Å².